The molecule has 0 saturated heterocycles. The minimum absolute atomic E-state index is 0.0759. The highest BCUT2D eigenvalue weighted by molar-refractivity contribution is 5.87. The second kappa shape index (κ2) is 7.47. The fourth-order valence-corrected chi connectivity index (χ4v) is 4.54. The molecule has 2 aromatic carbocycles. The Labute approximate surface area is 177 Å². The van der Waals surface area contributed by atoms with Crippen molar-refractivity contribution in [2.24, 2.45) is 0 Å². The van der Waals surface area contributed by atoms with Gasteiger partial charge in [0.1, 0.15) is 11.8 Å². The second-order valence-electron chi connectivity index (χ2n) is 9.10. The fraction of sp³-hybridized carbons (Fsp3) is 0.400. The molecule has 2 heterocycles. The van der Waals surface area contributed by atoms with E-state index in [1.807, 2.05) is 12.1 Å². The summed E-state index contributed by atoms with van der Waals surface area (Å²) in [6.45, 7) is 8.65. The van der Waals surface area contributed by atoms with Gasteiger partial charge < -0.3 is 14.5 Å². The number of para-hydroxylation sites is 1. The van der Waals surface area contributed by atoms with E-state index in [0.29, 0.717) is 6.42 Å². The van der Waals surface area contributed by atoms with Gasteiger partial charge in [-0.2, -0.15) is 0 Å². The van der Waals surface area contributed by atoms with Crippen LogP contribution in [0.25, 0.3) is 10.9 Å². The number of methoxy groups -OCH3 is 2. The van der Waals surface area contributed by atoms with Gasteiger partial charge in [-0.3, -0.25) is 10.1 Å². The summed E-state index contributed by atoms with van der Waals surface area (Å²) in [5.41, 5.74) is 6.71. The summed E-state index contributed by atoms with van der Waals surface area (Å²) >= 11 is 0. The molecule has 158 valence electrons. The number of aryl methyl sites for hydroxylation is 1. The maximum absolute atomic E-state index is 12.5. The summed E-state index contributed by atoms with van der Waals surface area (Å²) in [6.07, 6.45) is 0.601. The van der Waals surface area contributed by atoms with E-state index in [4.69, 9.17) is 9.47 Å². The van der Waals surface area contributed by atoms with E-state index >= 15 is 0 Å². The van der Waals surface area contributed by atoms with Gasteiger partial charge in [0.05, 0.1) is 20.3 Å². The molecule has 1 aromatic heterocycles. The van der Waals surface area contributed by atoms with Gasteiger partial charge in [0, 0.05) is 23.0 Å². The highest BCUT2D eigenvalue weighted by Gasteiger charge is 2.36. The molecule has 0 spiro atoms. The van der Waals surface area contributed by atoms with Crippen molar-refractivity contribution in [3.8, 4) is 5.75 Å². The van der Waals surface area contributed by atoms with Crippen LogP contribution in [-0.2, 0) is 21.4 Å². The Kier molecular flexibility index (Phi) is 5.10. The zero-order valence-electron chi connectivity index (χ0n) is 18.6. The van der Waals surface area contributed by atoms with Crippen molar-refractivity contribution in [1.29, 1.82) is 0 Å². The van der Waals surface area contributed by atoms with Gasteiger partial charge in [-0.25, -0.2) is 0 Å². The van der Waals surface area contributed by atoms with Crippen molar-refractivity contribution in [2.45, 2.75) is 51.6 Å². The van der Waals surface area contributed by atoms with Gasteiger partial charge >= 0.3 is 5.97 Å². The third-order valence-corrected chi connectivity index (χ3v) is 6.10. The highest BCUT2D eigenvalue weighted by Crippen LogP contribution is 2.40. The molecule has 0 fully saturated rings. The van der Waals surface area contributed by atoms with Crippen molar-refractivity contribution < 1.29 is 14.3 Å². The molecule has 30 heavy (non-hydrogen) atoms. The number of H-pyrrole nitrogens is 1. The highest BCUT2D eigenvalue weighted by atomic mass is 16.5. The molecular weight excluding hydrogens is 376 g/mol. The first-order valence-electron chi connectivity index (χ1n) is 10.4. The number of fused-ring (bicyclic) bond motifs is 3. The number of carbonyl (C=O) groups is 1. The smallest absolute Gasteiger partial charge is 0.323 e. The number of benzene rings is 2. The van der Waals surface area contributed by atoms with Crippen LogP contribution in [0.4, 0.5) is 0 Å². The molecule has 2 unspecified atom stereocenters. The van der Waals surface area contributed by atoms with Gasteiger partial charge in [-0.1, -0.05) is 39.0 Å². The van der Waals surface area contributed by atoms with Crippen molar-refractivity contribution >= 4 is 16.9 Å². The molecule has 1 aliphatic rings. The van der Waals surface area contributed by atoms with Crippen LogP contribution in [0.2, 0.25) is 0 Å². The Hall–Kier alpha value is -2.79. The van der Waals surface area contributed by atoms with E-state index in [1.165, 1.54) is 12.7 Å². The Morgan fingerprint density at radius 1 is 1.13 bits per heavy atom. The summed E-state index contributed by atoms with van der Waals surface area (Å²) in [5.74, 6) is 0.652. The molecular formula is C25H30N2O3. The van der Waals surface area contributed by atoms with Crippen LogP contribution >= 0.6 is 0 Å². The Morgan fingerprint density at radius 3 is 2.53 bits per heavy atom. The Balaban J connectivity index is 1.93. The maximum Gasteiger partial charge on any atom is 0.323 e. The monoisotopic (exact) mass is 406 g/mol. The predicted molar refractivity (Wildman–Crippen MR) is 119 cm³/mol. The molecule has 0 saturated carbocycles. The van der Waals surface area contributed by atoms with Gasteiger partial charge in [0.15, 0.2) is 0 Å². The summed E-state index contributed by atoms with van der Waals surface area (Å²) in [7, 11) is 3.16. The summed E-state index contributed by atoms with van der Waals surface area (Å²) in [4.78, 5) is 16.1. The van der Waals surface area contributed by atoms with Crippen molar-refractivity contribution in [2.75, 3.05) is 14.2 Å². The van der Waals surface area contributed by atoms with E-state index in [2.05, 4.69) is 62.3 Å². The molecule has 5 heteroatoms. The van der Waals surface area contributed by atoms with Crippen LogP contribution in [-0.4, -0.2) is 31.2 Å². The molecule has 4 rings (SSSR count). The minimum atomic E-state index is -0.397. The second-order valence-corrected chi connectivity index (χ2v) is 9.10. The molecule has 2 N–H and O–H groups in total. The third kappa shape index (κ3) is 3.37. The topological polar surface area (TPSA) is 63.4 Å². The normalized spacial score (nSPS) is 18.9. The van der Waals surface area contributed by atoms with Gasteiger partial charge in [-0.05, 0) is 52.8 Å². The lowest BCUT2D eigenvalue weighted by atomic mass is 9.81. The zero-order chi connectivity index (χ0) is 21.6. The first-order chi connectivity index (χ1) is 14.2. The van der Waals surface area contributed by atoms with Crippen LogP contribution < -0.4 is 10.1 Å². The van der Waals surface area contributed by atoms with Crippen LogP contribution in [0, 0.1) is 6.92 Å². The van der Waals surface area contributed by atoms with Gasteiger partial charge in [0.25, 0.3) is 0 Å². The molecule has 0 bridgehead atoms. The minimum Gasteiger partial charge on any atom is -0.496 e. The number of esters is 1. The van der Waals surface area contributed by atoms with Crippen LogP contribution in [0.1, 0.15) is 54.8 Å². The third-order valence-electron chi connectivity index (χ3n) is 6.10. The summed E-state index contributed by atoms with van der Waals surface area (Å²) in [6, 6.07) is 12.0. The number of hydrogen-bond donors (Lipinski definition) is 2. The van der Waals surface area contributed by atoms with Gasteiger partial charge in [-0.15, -0.1) is 0 Å². The Bertz CT molecular complexity index is 1110. The maximum atomic E-state index is 12.5. The molecule has 0 amide bonds. The predicted octanol–water partition coefficient (Wildman–Crippen LogP) is 4.56. The summed E-state index contributed by atoms with van der Waals surface area (Å²) < 4.78 is 10.8. The quantitative estimate of drug-likeness (QED) is 0.626. The molecule has 0 aliphatic carbocycles. The van der Waals surface area contributed by atoms with Crippen LogP contribution in [0.3, 0.4) is 0 Å². The number of carbonyl (C=O) groups excluding carboxylic acids is 1. The number of rotatable bonds is 3. The van der Waals surface area contributed by atoms with Crippen LogP contribution in [0.15, 0.2) is 36.4 Å². The number of hydrogen-bond acceptors (Lipinski definition) is 4. The lowest BCUT2D eigenvalue weighted by Crippen LogP contribution is -2.45. The number of ether oxygens (including phenoxy) is 2. The van der Waals surface area contributed by atoms with Gasteiger partial charge in [0.2, 0.25) is 0 Å². The van der Waals surface area contributed by atoms with Crippen molar-refractivity contribution in [3.63, 3.8) is 0 Å². The average Bonchev–Trinajstić information content (AvgIpc) is 3.10. The standard InChI is InChI=1S/C25H30N2O3/c1-14-11-21(29-5)18(25(2,3)4)12-16(14)22-23-17(13-20(27-22)24(28)30-6)15-9-7-8-10-19(15)26-23/h7-12,20,22,26-27H,13H2,1-6H3. The van der Waals surface area contributed by atoms with Crippen molar-refractivity contribution in [3.05, 3.63) is 64.3 Å². The number of nitrogens with one attached hydrogen (secondary N) is 2. The van der Waals surface area contributed by atoms with E-state index in [1.54, 1.807) is 7.11 Å². The van der Waals surface area contributed by atoms with E-state index in [-0.39, 0.29) is 17.4 Å². The molecule has 1 aliphatic heterocycles. The first-order valence-corrected chi connectivity index (χ1v) is 10.4. The molecule has 5 nitrogen and oxygen atoms in total. The largest absolute Gasteiger partial charge is 0.496 e. The van der Waals surface area contributed by atoms with E-state index in [0.717, 1.165) is 39.0 Å². The molecule has 2 atom stereocenters. The first kappa shape index (κ1) is 20.5. The Morgan fingerprint density at radius 2 is 1.87 bits per heavy atom. The van der Waals surface area contributed by atoms with Crippen LogP contribution in [0.5, 0.6) is 5.75 Å². The summed E-state index contributed by atoms with van der Waals surface area (Å²) in [5, 5.41) is 4.71. The lowest BCUT2D eigenvalue weighted by Gasteiger charge is -2.32. The lowest BCUT2D eigenvalue weighted by molar-refractivity contribution is -0.143. The van der Waals surface area contributed by atoms with E-state index in [9.17, 15) is 4.79 Å². The zero-order valence-corrected chi connectivity index (χ0v) is 18.6. The fourth-order valence-electron chi connectivity index (χ4n) is 4.54. The average molecular weight is 407 g/mol. The molecule has 3 aromatic rings. The number of aromatic amines is 1. The van der Waals surface area contributed by atoms with Crippen molar-refractivity contribution in [1.82, 2.24) is 10.3 Å². The molecule has 0 radical (unpaired) electrons. The SMILES string of the molecule is COC(=O)C1Cc2c([nH]c3ccccc23)C(c2cc(C(C)(C)C)c(OC)cc2C)N1. The van der Waals surface area contributed by atoms with E-state index < -0.39 is 6.04 Å². The number of aromatic nitrogens is 1.